The van der Waals surface area contributed by atoms with Crippen LogP contribution in [0.25, 0.3) is 0 Å². The van der Waals surface area contributed by atoms with Crippen molar-refractivity contribution in [1.82, 2.24) is 16.0 Å². The van der Waals surface area contributed by atoms with E-state index in [-0.39, 0.29) is 10.6 Å². The zero-order valence-electron chi connectivity index (χ0n) is 25.3. The van der Waals surface area contributed by atoms with Crippen molar-refractivity contribution in [1.29, 1.82) is 0 Å². The Bertz CT molecular complexity index is 1470. The largest absolute Gasteiger partial charge is 0.497 e. The second-order valence-electron chi connectivity index (χ2n) is 10.8. The number of ketones is 2. The van der Waals surface area contributed by atoms with Crippen molar-refractivity contribution in [3.05, 3.63) is 64.7 Å². The van der Waals surface area contributed by atoms with Gasteiger partial charge in [-0.05, 0) is 42.7 Å². The van der Waals surface area contributed by atoms with Gasteiger partial charge >= 0.3 is 18.0 Å². The first-order valence-electron chi connectivity index (χ1n) is 13.8. The van der Waals surface area contributed by atoms with Gasteiger partial charge in [0.1, 0.15) is 24.4 Å². The number of benzene rings is 2. The number of amides is 3. The number of carbonyl (C=O) groups is 5. The Morgan fingerprint density at radius 2 is 1.45 bits per heavy atom. The lowest BCUT2D eigenvalue weighted by atomic mass is 9.82. The Hall–Kier alpha value is -4.21. The molecule has 258 valence electrons. The highest BCUT2D eigenvalue weighted by molar-refractivity contribution is 6.30. The summed E-state index contributed by atoms with van der Waals surface area (Å²) in [6.07, 6.45) is -6.07. The molecule has 0 saturated heterocycles. The zero-order chi connectivity index (χ0) is 35.9. The van der Waals surface area contributed by atoms with Crippen LogP contribution in [0.1, 0.15) is 44.4 Å². The maximum atomic E-state index is 14.8. The molecular weight excluding hydrogens is 667 g/mol. The molecule has 2 rings (SSSR count). The number of hydrogen-bond donors (Lipinski definition) is 3. The summed E-state index contributed by atoms with van der Waals surface area (Å²) in [6.45, 7) is 1.39. The van der Waals surface area contributed by atoms with E-state index in [0.717, 1.165) is 24.4 Å². The van der Waals surface area contributed by atoms with Crippen LogP contribution in [0.2, 0.25) is 5.02 Å². The van der Waals surface area contributed by atoms with Crippen LogP contribution in [0.5, 0.6) is 5.75 Å². The average Bonchev–Trinajstić information content (AvgIpc) is 2.99. The SMILES string of the molecule is COc1ccc([C@H](NC(=O)[C@H](C)NC(=O)C(F)(F)c2cccc(Cl)c2)C(=O)C[C@H](C(=O)C(F)(F)C(=O)NCC(F)(F)F)C(C)C)cc1. The van der Waals surface area contributed by atoms with Gasteiger partial charge in [0, 0.05) is 22.9 Å². The summed E-state index contributed by atoms with van der Waals surface area (Å²) in [7, 11) is 1.33. The Balaban J connectivity index is 2.33. The van der Waals surface area contributed by atoms with E-state index in [1.54, 1.807) is 0 Å². The quantitative estimate of drug-likeness (QED) is 0.179. The highest BCUT2D eigenvalue weighted by atomic mass is 35.5. The lowest BCUT2D eigenvalue weighted by Crippen LogP contribution is -2.52. The van der Waals surface area contributed by atoms with E-state index in [1.165, 1.54) is 57.4 Å². The maximum Gasteiger partial charge on any atom is 0.405 e. The molecule has 0 fully saturated rings. The monoisotopic (exact) mass is 697 g/mol. The van der Waals surface area contributed by atoms with Gasteiger partial charge in [0.25, 0.3) is 11.8 Å². The molecule has 0 spiro atoms. The van der Waals surface area contributed by atoms with Crippen molar-refractivity contribution in [2.24, 2.45) is 11.8 Å². The molecule has 0 aliphatic heterocycles. The van der Waals surface area contributed by atoms with Crippen molar-refractivity contribution in [2.75, 3.05) is 13.7 Å². The number of nitrogens with one attached hydrogen (secondary N) is 3. The minimum absolute atomic E-state index is 0.0246. The molecular formula is C30H31ClF7N3O6. The summed E-state index contributed by atoms with van der Waals surface area (Å²) in [5, 5.41) is 4.94. The third kappa shape index (κ3) is 10.4. The van der Waals surface area contributed by atoms with Gasteiger partial charge in [-0.3, -0.25) is 24.0 Å². The van der Waals surface area contributed by atoms with Crippen molar-refractivity contribution in [3.8, 4) is 5.75 Å². The van der Waals surface area contributed by atoms with E-state index >= 15 is 0 Å². The van der Waals surface area contributed by atoms with E-state index in [9.17, 15) is 54.7 Å². The van der Waals surface area contributed by atoms with E-state index in [0.29, 0.717) is 5.75 Å². The third-order valence-electron chi connectivity index (χ3n) is 6.88. The first kappa shape index (κ1) is 39.0. The standard InChI is InChI=1S/C30H31ClF7N3O6/c1-15(2)21(24(43)30(37,38)26(45)39-14-28(32,33)34)13-22(42)23(17-8-10-20(47-4)11-9-17)41-25(44)16(3)40-27(46)29(35,36)18-6-5-7-19(31)12-18/h5-12,15-16,21,23H,13-14H2,1-4H3,(H,39,45)(H,40,46)(H,41,44)/t16-,21-,23-/m0/s1. The number of Topliss-reactive ketones (excluding diaryl/α,β-unsaturated/α-hetero) is 2. The lowest BCUT2D eigenvalue weighted by Gasteiger charge is -2.27. The van der Waals surface area contributed by atoms with Crippen molar-refractivity contribution < 1.29 is 59.4 Å². The number of hydrogen-bond acceptors (Lipinski definition) is 6. The van der Waals surface area contributed by atoms with Crippen LogP contribution in [-0.2, 0) is 29.9 Å². The molecule has 47 heavy (non-hydrogen) atoms. The minimum atomic E-state index is -5.05. The Morgan fingerprint density at radius 3 is 1.96 bits per heavy atom. The first-order valence-corrected chi connectivity index (χ1v) is 14.2. The number of carbonyl (C=O) groups excluding carboxylic acids is 5. The fourth-order valence-corrected chi connectivity index (χ4v) is 4.37. The molecule has 0 bridgehead atoms. The minimum Gasteiger partial charge on any atom is -0.497 e. The Kier molecular flexibility index (Phi) is 12.9. The van der Waals surface area contributed by atoms with E-state index < -0.39 is 89.8 Å². The molecule has 2 aromatic rings. The third-order valence-corrected chi connectivity index (χ3v) is 7.11. The van der Waals surface area contributed by atoms with E-state index in [2.05, 4.69) is 5.32 Å². The van der Waals surface area contributed by atoms with Gasteiger partial charge in [0.05, 0.1) is 7.11 Å². The summed E-state index contributed by atoms with van der Waals surface area (Å²) in [5.74, 6) is -20.5. The van der Waals surface area contributed by atoms with Gasteiger partial charge < -0.3 is 20.7 Å². The predicted octanol–water partition coefficient (Wildman–Crippen LogP) is 4.92. The Labute approximate surface area is 269 Å². The average molecular weight is 698 g/mol. The molecule has 0 aromatic heterocycles. The van der Waals surface area contributed by atoms with Gasteiger partial charge in [-0.25, -0.2) is 0 Å². The summed E-state index contributed by atoms with van der Waals surface area (Å²) in [4.78, 5) is 63.6. The predicted molar refractivity (Wildman–Crippen MR) is 154 cm³/mol. The van der Waals surface area contributed by atoms with E-state index in [1.807, 2.05) is 5.32 Å². The lowest BCUT2D eigenvalue weighted by molar-refractivity contribution is -0.167. The topological polar surface area (TPSA) is 131 Å². The fraction of sp³-hybridized carbons (Fsp3) is 0.433. The maximum absolute atomic E-state index is 14.8. The molecule has 0 radical (unpaired) electrons. The second kappa shape index (κ2) is 15.6. The molecule has 3 amide bonds. The summed E-state index contributed by atoms with van der Waals surface area (Å²) < 4.78 is 101. The van der Waals surface area contributed by atoms with Crippen LogP contribution in [0.15, 0.2) is 48.5 Å². The Morgan fingerprint density at radius 1 is 0.851 bits per heavy atom. The number of ether oxygens (including phenoxy) is 1. The van der Waals surface area contributed by atoms with Crippen molar-refractivity contribution in [3.63, 3.8) is 0 Å². The second-order valence-corrected chi connectivity index (χ2v) is 11.2. The molecule has 0 aliphatic rings. The number of halogens is 8. The van der Waals surface area contributed by atoms with Crippen LogP contribution in [-0.4, -0.2) is 61.1 Å². The van der Waals surface area contributed by atoms with Gasteiger partial charge in [0.2, 0.25) is 11.7 Å². The van der Waals surface area contributed by atoms with Crippen LogP contribution in [0.3, 0.4) is 0 Å². The van der Waals surface area contributed by atoms with Crippen LogP contribution in [0, 0.1) is 11.8 Å². The summed E-state index contributed by atoms with van der Waals surface area (Å²) in [5.41, 5.74) is -0.744. The molecule has 17 heteroatoms. The van der Waals surface area contributed by atoms with Gasteiger partial charge in [-0.15, -0.1) is 0 Å². The number of rotatable bonds is 15. The van der Waals surface area contributed by atoms with Gasteiger partial charge in [0.15, 0.2) is 5.78 Å². The van der Waals surface area contributed by atoms with Gasteiger partial charge in [-0.1, -0.05) is 49.7 Å². The fourth-order valence-electron chi connectivity index (χ4n) is 4.18. The molecule has 0 saturated carbocycles. The normalized spacial score (nSPS) is 14.1. The molecule has 0 aliphatic carbocycles. The molecule has 3 atom stereocenters. The highest BCUT2D eigenvalue weighted by Crippen LogP contribution is 2.32. The summed E-state index contributed by atoms with van der Waals surface area (Å²) >= 11 is 5.73. The van der Waals surface area contributed by atoms with E-state index in [4.69, 9.17) is 16.3 Å². The molecule has 0 heterocycles. The summed E-state index contributed by atoms with van der Waals surface area (Å²) in [6, 6.07) is 6.18. The highest BCUT2D eigenvalue weighted by Gasteiger charge is 2.52. The molecule has 9 nitrogen and oxygen atoms in total. The molecule has 3 N–H and O–H groups in total. The van der Waals surface area contributed by atoms with Gasteiger partial charge in [-0.2, -0.15) is 30.7 Å². The van der Waals surface area contributed by atoms with Crippen molar-refractivity contribution in [2.45, 2.75) is 57.3 Å². The smallest absolute Gasteiger partial charge is 0.405 e. The van der Waals surface area contributed by atoms with Crippen LogP contribution >= 0.6 is 11.6 Å². The first-order chi connectivity index (χ1) is 21.6. The number of methoxy groups -OCH3 is 1. The zero-order valence-corrected chi connectivity index (χ0v) is 26.1. The number of alkyl halides is 7. The van der Waals surface area contributed by atoms with Crippen LogP contribution in [0.4, 0.5) is 30.7 Å². The van der Waals surface area contributed by atoms with Crippen molar-refractivity contribution >= 4 is 40.9 Å². The molecule has 2 aromatic carbocycles. The molecule has 0 unspecified atom stereocenters. The van der Waals surface area contributed by atoms with Crippen LogP contribution < -0.4 is 20.7 Å².